The summed E-state index contributed by atoms with van der Waals surface area (Å²) in [4.78, 5) is 21.9. The number of aliphatic carboxylic acids is 1. The average molecular weight is 304 g/mol. The summed E-state index contributed by atoms with van der Waals surface area (Å²) in [5.74, 6) is -1.68. The number of amides is 1. The highest BCUT2D eigenvalue weighted by molar-refractivity contribution is 5.82. The number of nitrogens with two attached hydrogens (primary N) is 1. The van der Waals surface area contributed by atoms with Crippen molar-refractivity contribution < 1.29 is 27.9 Å². The fraction of sp³-hybridized carbons (Fsp3) is 0.385. The predicted molar refractivity (Wildman–Crippen MR) is 68.1 cm³/mol. The lowest BCUT2D eigenvalue weighted by Gasteiger charge is -2.12. The zero-order chi connectivity index (χ0) is 16.0. The van der Waals surface area contributed by atoms with Gasteiger partial charge in [-0.05, 0) is 24.1 Å². The van der Waals surface area contributed by atoms with Crippen LogP contribution < -0.4 is 11.1 Å². The molecule has 0 spiro atoms. The summed E-state index contributed by atoms with van der Waals surface area (Å²) in [5, 5.41) is 10.8. The number of hydrogen-bond acceptors (Lipinski definition) is 3. The zero-order valence-electron chi connectivity index (χ0n) is 11.0. The highest BCUT2D eigenvalue weighted by Gasteiger charge is 2.30. The molecule has 1 aromatic rings. The Morgan fingerprint density at radius 2 is 2.00 bits per heavy atom. The first-order valence-corrected chi connectivity index (χ1v) is 6.11. The fourth-order valence-corrected chi connectivity index (χ4v) is 1.59. The van der Waals surface area contributed by atoms with Gasteiger partial charge in [0, 0.05) is 13.0 Å². The molecule has 0 aliphatic heterocycles. The predicted octanol–water partition coefficient (Wildman–Crippen LogP) is 1.51. The molecule has 0 aliphatic rings. The number of benzene rings is 1. The van der Waals surface area contributed by atoms with Crippen LogP contribution in [0.1, 0.15) is 24.0 Å². The van der Waals surface area contributed by atoms with Crippen LogP contribution in [0.2, 0.25) is 0 Å². The quantitative estimate of drug-likeness (QED) is 0.743. The van der Waals surface area contributed by atoms with Gasteiger partial charge < -0.3 is 16.2 Å². The van der Waals surface area contributed by atoms with E-state index in [1.54, 1.807) is 0 Å². The van der Waals surface area contributed by atoms with E-state index in [4.69, 9.17) is 10.8 Å². The van der Waals surface area contributed by atoms with Crippen molar-refractivity contribution in [3.05, 3.63) is 35.4 Å². The topological polar surface area (TPSA) is 92.4 Å². The van der Waals surface area contributed by atoms with E-state index < -0.39 is 29.7 Å². The van der Waals surface area contributed by atoms with E-state index in [0.29, 0.717) is 0 Å². The number of hydrogen-bond donors (Lipinski definition) is 3. The molecule has 0 fully saturated rings. The zero-order valence-corrected chi connectivity index (χ0v) is 11.0. The lowest BCUT2D eigenvalue weighted by Crippen LogP contribution is -2.40. The summed E-state index contributed by atoms with van der Waals surface area (Å²) < 4.78 is 37.5. The van der Waals surface area contributed by atoms with E-state index in [1.165, 1.54) is 12.1 Å². The van der Waals surface area contributed by atoms with Gasteiger partial charge in [-0.3, -0.25) is 9.59 Å². The van der Waals surface area contributed by atoms with Crippen LogP contribution in [0.5, 0.6) is 0 Å². The van der Waals surface area contributed by atoms with Crippen LogP contribution in [0.4, 0.5) is 13.2 Å². The summed E-state index contributed by atoms with van der Waals surface area (Å²) in [6.45, 7) is -0.108. The number of carbonyl (C=O) groups excluding carboxylic acids is 1. The van der Waals surface area contributed by atoms with Gasteiger partial charge in [0.15, 0.2) is 0 Å². The molecule has 0 aliphatic carbocycles. The number of nitrogens with one attached hydrogen (secondary N) is 1. The summed E-state index contributed by atoms with van der Waals surface area (Å²) in [5.41, 5.74) is 4.95. The van der Waals surface area contributed by atoms with Crippen LogP contribution >= 0.6 is 0 Å². The second-order valence-electron chi connectivity index (χ2n) is 4.45. The maximum Gasteiger partial charge on any atom is 0.416 e. The maximum absolute atomic E-state index is 12.5. The molecule has 116 valence electrons. The van der Waals surface area contributed by atoms with Gasteiger partial charge in [-0.15, -0.1) is 0 Å². The number of alkyl halides is 3. The monoisotopic (exact) mass is 304 g/mol. The number of rotatable bonds is 6. The van der Waals surface area contributed by atoms with Gasteiger partial charge in [0.05, 0.1) is 11.6 Å². The second kappa shape index (κ2) is 7.07. The third-order valence-electron chi connectivity index (χ3n) is 2.73. The molecular weight excluding hydrogens is 289 g/mol. The van der Waals surface area contributed by atoms with Crippen LogP contribution in [-0.2, 0) is 22.3 Å². The SMILES string of the molecule is NC(CCC(=O)O)C(=O)NCc1cccc(C(F)(F)F)c1. The average Bonchev–Trinajstić information content (AvgIpc) is 2.41. The molecule has 0 radical (unpaired) electrons. The third-order valence-corrected chi connectivity index (χ3v) is 2.73. The Hall–Kier alpha value is -2.09. The molecule has 0 aromatic heterocycles. The molecule has 0 saturated carbocycles. The number of carbonyl (C=O) groups is 2. The van der Waals surface area contributed by atoms with Crippen LogP contribution in [0.15, 0.2) is 24.3 Å². The van der Waals surface area contributed by atoms with E-state index >= 15 is 0 Å². The van der Waals surface area contributed by atoms with Gasteiger partial charge in [-0.2, -0.15) is 13.2 Å². The molecule has 0 saturated heterocycles. The van der Waals surface area contributed by atoms with E-state index in [9.17, 15) is 22.8 Å². The Balaban J connectivity index is 2.55. The number of carboxylic acid groups (broad SMARTS) is 1. The smallest absolute Gasteiger partial charge is 0.416 e. The lowest BCUT2D eigenvalue weighted by molar-refractivity contribution is -0.138. The summed E-state index contributed by atoms with van der Waals surface area (Å²) in [7, 11) is 0. The normalized spacial score (nSPS) is 12.8. The van der Waals surface area contributed by atoms with Crippen molar-refractivity contribution in [3.8, 4) is 0 Å². The molecule has 1 aromatic carbocycles. The van der Waals surface area contributed by atoms with Crippen molar-refractivity contribution in [2.75, 3.05) is 0 Å². The second-order valence-corrected chi connectivity index (χ2v) is 4.45. The van der Waals surface area contributed by atoms with Gasteiger partial charge >= 0.3 is 12.1 Å². The third kappa shape index (κ3) is 5.82. The molecule has 21 heavy (non-hydrogen) atoms. The Labute approximate surface area is 118 Å². The molecular formula is C13H15F3N2O3. The summed E-state index contributed by atoms with van der Waals surface area (Å²) in [6.07, 6.45) is -4.74. The van der Waals surface area contributed by atoms with Gasteiger partial charge in [0.1, 0.15) is 0 Å². The molecule has 1 atom stereocenters. The highest BCUT2D eigenvalue weighted by Crippen LogP contribution is 2.29. The first kappa shape index (κ1) is 17.0. The number of halogens is 3. The molecule has 1 unspecified atom stereocenters. The van der Waals surface area contributed by atoms with Crippen LogP contribution in [0.25, 0.3) is 0 Å². The number of carboxylic acids is 1. The lowest BCUT2D eigenvalue weighted by atomic mass is 10.1. The summed E-state index contributed by atoms with van der Waals surface area (Å²) >= 11 is 0. The minimum absolute atomic E-state index is 0.0379. The minimum Gasteiger partial charge on any atom is -0.481 e. The molecule has 1 rings (SSSR count). The molecule has 8 heteroatoms. The van der Waals surface area contributed by atoms with Gasteiger partial charge in [-0.1, -0.05) is 12.1 Å². The Morgan fingerprint density at radius 1 is 1.33 bits per heavy atom. The standard InChI is InChI=1S/C13H15F3N2O3/c14-13(15,16)9-3-1-2-8(6-9)7-18-12(21)10(17)4-5-11(19)20/h1-3,6,10H,4-5,7,17H2,(H,18,21)(H,19,20). The molecule has 5 nitrogen and oxygen atoms in total. The van der Waals surface area contributed by atoms with Gasteiger partial charge in [-0.25, -0.2) is 0 Å². The van der Waals surface area contributed by atoms with E-state index in [-0.39, 0.29) is 24.9 Å². The van der Waals surface area contributed by atoms with E-state index in [0.717, 1.165) is 12.1 Å². The molecule has 1 amide bonds. The van der Waals surface area contributed by atoms with Crippen LogP contribution in [0, 0.1) is 0 Å². The van der Waals surface area contributed by atoms with Crippen molar-refractivity contribution in [2.24, 2.45) is 5.73 Å². The van der Waals surface area contributed by atoms with Crippen molar-refractivity contribution in [1.29, 1.82) is 0 Å². The fourth-order valence-electron chi connectivity index (χ4n) is 1.59. The van der Waals surface area contributed by atoms with Gasteiger partial charge in [0.25, 0.3) is 0 Å². The minimum atomic E-state index is -4.45. The summed E-state index contributed by atoms with van der Waals surface area (Å²) in [6, 6.07) is 3.55. The largest absolute Gasteiger partial charge is 0.481 e. The van der Waals surface area contributed by atoms with Gasteiger partial charge in [0.2, 0.25) is 5.91 Å². The van der Waals surface area contributed by atoms with Crippen molar-refractivity contribution >= 4 is 11.9 Å². The molecule has 0 heterocycles. The Morgan fingerprint density at radius 3 is 2.57 bits per heavy atom. The maximum atomic E-state index is 12.5. The van der Waals surface area contributed by atoms with Crippen LogP contribution in [0.3, 0.4) is 0 Å². The highest BCUT2D eigenvalue weighted by atomic mass is 19.4. The van der Waals surface area contributed by atoms with E-state index in [2.05, 4.69) is 5.32 Å². The molecule has 0 bridgehead atoms. The van der Waals surface area contributed by atoms with E-state index in [1.807, 2.05) is 0 Å². The van der Waals surface area contributed by atoms with Crippen molar-refractivity contribution in [3.63, 3.8) is 0 Å². The van der Waals surface area contributed by atoms with Crippen molar-refractivity contribution in [2.45, 2.75) is 31.6 Å². The Bertz CT molecular complexity index is 518. The molecule has 4 N–H and O–H groups in total. The Kier molecular flexibility index (Phi) is 5.71. The van der Waals surface area contributed by atoms with Crippen LogP contribution in [-0.4, -0.2) is 23.0 Å². The first-order chi connectivity index (χ1) is 9.70. The van der Waals surface area contributed by atoms with Crippen molar-refractivity contribution in [1.82, 2.24) is 5.32 Å². The first-order valence-electron chi connectivity index (χ1n) is 6.11.